The van der Waals surface area contributed by atoms with Gasteiger partial charge in [-0.15, -0.1) is 0 Å². The Balaban J connectivity index is 1.47. The van der Waals surface area contributed by atoms with Crippen LogP contribution in [0.1, 0.15) is 12.0 Å². The number of β-amino-alcohol motifs (C(OH)–C–C–N with tert-alkyl or cyclic N) is 1. The molecule has 1 saturated heterocycles. The first-order valence-corrected chi connectivity index (χ1v) is 13.8. The molecule has 8 heteroatoms. The summed E-state index contributed by atoms with van der Waals surface area (Å²) in [4.78, 5) is 11.4. The van der Waals surface area contributed by atoms with E-state index in [-0.39, 0.29) is 6.10 Å². The molecule has 4 heterocycles. The highest BCUT2D eigenvalue weighted by molar-refractivity contribution is 14.2. The standard InChI is InChI=1S/C24H23IN4O2S/c1-31-23-7-6-18(11-26-23)22-15-29(32-25)24-21(22)10-19(12-27-24)17-4-2-16(3-5-17)13-28-9-8-20(30)14-28/h2-7,10-12,15,20,30H,8-9,13-14H2,1H3. The van der Waals surface area contributed by atoms with Gasteiger partial charge in [-0.1, -0.05) is 24.3 Å². The molecule has 164 valence electrons. The lowest BCUT2D eigenvalue weighted by Gasteiger charge is -2.15. The lowest BCUT2D eigenvalue weighted by atomic mass is 10.0. The molecule has 1 aliphatic heterocycles. The van der Waals surface area contributed by atoms with Crippen LogP contribution in [0.25, 0.3) is 33.3 Å². The summed E-state index contributed by atoms with van der Waals surface area (Å²) in [5.41, 5.74) is 6.54. The Morgan fingerprint density at radius 3 is 2.53 bits per heavy atom. The summed E-state index contributed by atoms with van der Waals surface area (Å²) < 4.78 is 7.28. The molecule has 1 atom stereocenters. The first kappa shape index (κ1) is 21.7. The highest BCUT2D eigenvalue weighted by Crippen LogP contribution is 2.36. The summed E-state index contributed by atoms with van der Waals surface area (Å²) in [5.74, 6) is 0.600. The average Bonchev–Trinajstić information content (AvgIpc) is 3.42. The second kappa shape index (κ2) is 9.38. The van der Waals surface area contributed by atoms with Gasteiger partial charge in [-0.05, 0) is 29.7 Å². The van der Waals surface area contributed by atoms with E-state index in [1.165, 1.54) is 5.56 Å². The van der Waals surface area contributed by atoms with Crippen LogP contribution in [0.4, 0.5) is 0 Å². The molecule has 5 rings (SSSR count). The number of aromatic nitrogens is 3. The van der Waals surface area contributed by atoms with Gasteiger partial charge in [0.25, 0.3) is 0 Å². The molecule has 6 nitrogen and oxygen atoms in total. The largest absolute Gasteiger partial charge is 0.481 e. The van der Waals surface area contributed by atoms with Crippen molar-refractivity contribution in [3.8, 4) is 28.1 Å². The number of ether oxygens (including phenoxy) is 1. The molecule has 32 heavy (non-hydrogen) atoms. The summed E-state index contributed by atoms with van der Waals surface area (Å²) in [6.07, 6.45) is 6.57. The van der Waals surface area contributed by atoms with Crippen molar-refractivity contribution in [2.45, 2.75) is 19.1 Å². The van der Waals surface area contributed by atoms with Crippen LogP contribution in [0.2, 0.25) is 0 Å². The third kappa shape index (κ3) is 4.36. The fraction of sp³-hybridized carbons (Fsp3) is 0.250. The van der Waals surface area contributed by atoms with Crippen molar-refractivity contribution in [2.24, 2.45) is 0 Å². The van der Waals surface area contributed by atoms with Crippen LogP contribution in [0.15, 0.2) is 61.1 Å². The van der Waals surface area contributed by atoms with Gasteiger partial charge >= 0.3 is 0 Å². The van der Waals surface area contributed by atoms with Crippen LogP contribution in [0.5, 0.6) is 5.88 Å². The molecular weight excluding hydrogens is 535 g/mol. The van der Waals surface area contributed by atoms with Crippen molar-refractivity contribution in [1.29, 1.82) is 0 Å². The number of fused-ring (bicyclic) bond motifs is 1. The number of halogens is 1. The Morgan fingerprint density at radius 1 is 1.09 bits per heavy atom. The van der Waals surface area contributed by atoms with Crippen molar-refractivity contribution in [3.05, 3.63) is 66.6 Å². The minimum Gasteiger partial charge on any atom is -0.481 e. The first-order valence-electron chi connectivity index (χ1n) is 10.4. The maximum Gasteiger partial charge on any atom is 0.212 e. The summed E-state index contributed by atoms with van der Waals surface area (Å²) in [6.45, 7) is 2.59. The second-order valence-corrected chi connectivity index (χ2v) is 9.71. The lowest BCUT2D eigenvalue weighted by Crippen LogP contribution is -2.21. The van der Waals surface area contributed by atoms with Crippen LogP contribution >= 0.6 is 30.3 Å². The predicted octanol–water partition coefficient (Wildman–Crippen LogP) is 5.19. The van der Waals surface area contributed by atoms with Gasteiger partial charge in [0, 0.05) is 96.7 Å². The number of pyridine rings is 2. The minimum absolute atomic E-state index is 0.185. The SMILES string of the molecule is COc1ccc(-c2cn(SI)c3ncc(-c4ccc(CN5CCC(O)C5)cc4)cc23)cn1. The molecule has 0 radical (unpaired) electrons. The fourth-order valence-electron chi connectivity index (χ4n) is 4.20. The Bertz CT molecular complexity index is 1230. The number of aliphatic hydroxyl groups excluding tert-OH is 1. The monoisotopic (exact) mass is 558 g/mol. The molecule has 4 aromatic rings. The number of rotatable bonds is 6. The van der Waals surface area contributed by atoms with Crippen LogP contribution in [0, 0.1) is 0 Å². The Hall–Kier alpha value is -2.14. The summed E-state index contributed by atoms with van der Waals surface area (Å²) >= 11 is 2.27. The second-order valence-electron chi connectivity index (χ2n) is 8.00. The van der Waals surface area contributed by atoms with Gasteiger partial charge in [0.1, 0.15) is 0 Å². The van der Waals surface area contributed by atoms with E-state index in [2.05, 4.69) is 71.6 Å². The topological polar surface area (TPSA) is 63.4 Å². The van der Waals surface area contributed by atoms with Gasteiger partial charge in [-0.25, -0.2) is 9.97 Å². The van der Waals surface area contributed by atoms with E-state index in [9.17, 15) is 5.11 Å². The number of aliphatic hydroxyl groups is 1. The van der Waals surface area contributed by atoms with E-state index >= 15 is 0 Å². The zero-order valence-corrected chi connectivity index (χ0v) is 20.6. The number of nitrogens with zero attached hydrogens (tertiary/aromatic N) is 4. The molecule has 1 fully saturated rings. The third-order valence-electron chi connectivity index (χ3n) is 5.88. The molecule has 0 bridgehead atoms. The van der Waals surface area contributed by atoms with E-state index in [0.717, 1.165) is 59.3 Å². The van der Waals surface area contributed by atoms with Crippen molar-refractivity contribution in [3.63, 3.8) is 0 Å². The lowest BCUT2D eigenvalue weighted by molar-refractivity contribution is 0.175. The Labute approximate surface area is 203 Å². The summed E-state index contributed by atoms with van der Waals surface area (Å²) in [7, 11) is 3.22. The van der Waals surface area contributed by atoms with E-state index in [0.29, 0.717) is 5.88 Å². The van der Waals surface area contributed by atoms with E-state index in [1.807, 2.05) is 24.5 Å². The predicted molar refractivity (Wildman–Crippen MR) is 138 cm³/mol. The molecule has 1 unspecified atom stereocenters. The molecular formula is C24H23IN4O2S. The van der Waals surface area contributed by atoms with Crippen LogP contribution in [0.3, 0.4) is 0 Å². The fourth-order valence-corrected chi connectivity index (χ4v) is 5.45. The molecule has 1 N–H and O–H groups in total. The zero-order valence-electron chi connectivity index (χ0n) is 17.6. The quantitative estimate of drug-likeness (QED) is 0.329. The summed E-state index contributed by atoms with van der Waals surface area (Å²) in [5, 5.41) is 10.8. The maximum atomic E-state index is 9.74. The van der Waals surface area contributed by atoms with Crippen molar-refractivity contribution < 1.29 is 9.84 Å². The minimum atomic E-state index is -0.185. The number of benzene rings is 1. The summed E-state index contributed by atoms with van der Waals surface area (Å²) in [6, 6.07) is 14.8. The molecule has 1 aliphatic rings. The first-order chi connectivity index (χ1) is 15.6. The van der Waals surface area contributed by atoms with Gasteiger partial charge < -0.3 is 9.84 Å². The number of methoxy groups -OCH3 is 1. The zero-order chi connectivity index (χ0) is 22.1. The maximum absolute atomic E-state index is 9.74. The third-order valence-corrected chi connectivity index (χ3v) is 7.58. The molecule has 0 aliphatic carbocycles. The molecule has 0 saturated carbocycles. The van der Waals surface area contributed by atoms with Crippen LogP contribution in [-0.4, -0.2) is 50.3 Å². The normalized spacial score (nSPS) is 16.7. The van der Waals surface area contributed by atoms with Gasteiger partial charge in [0.15, 0.2) is 5.65 Å². The Morgan fingerprint density at radius 2 is 1.88 bits per heavy atom. The Kier molecular flexibility index (Phi) is 6.36. The van der Waals surface area contributed by atoms with Gasteiger partial charge in [0.2, 0.25) is 5.88 Å². The van der Waals surface area contributed by atoms with Crippen LogP contribution in [-0.2, 0) is 6.54 Å². The highest BCUT2D eigenvalue weighted by atomic mass is 127. The smallest absolute Gasteiger partial charge is 0.212 e. The van der Waals surface area contributed by atoms with E-state index < -0.39 is 0 Å². The number of likely N-dealkylation sites (tertiary alicyclic amines) is 1. The molecule has 3 aromatic heterocycles. The van der Waals surface area contributed by atoms with Crippen molar-refractivity contribution in [2.75, 3.05) is 20.2 Å². The van der Waals surface area contributed by atoms with Crippen LogP contribution < -0.4 is 4.74 Å². The van der Waals surface area contributed by atoms with E-state index in [4.69, 9.17) is 9.72 Å². The van der Waals surface area contributed by atoms with Crippen molar-refractivity contribution >= 4 is 41.4 Å². The van der Waals surface area contributed by atoms with E-state index in [1.54, 1.807) is 16.2 Å². The van der Waals surface area contributed by atoms with Gasteiger partial charge in [-0.3, -0.25) is 8.87 Å². The molecule has 0 spiro atoms. The van der Waals surface area contributed by atoms with Gasteiger partial charge in [0.05, 0.1) is 13.2 Å². The number of hydrogen-bond acceptors (Lipinski definition) is 6. The highest BCUT2D eigenvalue weighted by Gasteiger charge is 2.20. The molecule has 0 amide bonds. The van der Waals surface area contributed by atoms with Gasteiger partial charge in [-0.2, -0.15) is 0 Å². The number of hydrogen-bond donors (Lipinski definition) is 1. The van der Waals surface area contributed by atoms with Crippen molar-refractivity contribution in [1.82, 2.24) is 18.8 Å². The molecule has 1 aromatic carbocycles. The average molecular weight is 558 g/mol.